The molecule has 0 bridgehead atoms. The first kappa shape index (κ1) is 24.5. The van der Waals surface area contributed by atoms with Gasteiger partial charge in [0, 0.05) is 23.6 Å². The molecule has 0 amide bonds. The molecule has 0 fully saturated rings. The molecule has 0 radical (unpaired) electrons. The highest BCUT2D eigenvalue weighted by Gasteiger charge is 2.42. The first-order valence-electron chi connectivity index (χ1n) is 11.2. The predicted molar refractivity (Wildman–Crippen MR) is 127 cm³/mol. The van der Waals surface area contributed by atoms with E-state index < -0.39 is 0 Å². The number of ether oxygens (including phenoxy) is 1. The number of fused-ring (bicyclic) bond motifs is 1. The maximum atomic E-state index is 13.2. The van der Waals surface area contributed by atoms with Gasteiger partial charge in [-0.2, -0.15) is 0 Å². The third kappa shape index (κ3) is 5.26. The number of hydrogen-bond acceptors (Lipinski definition) is 3. The van der Waals surface area contributed by atoms with Gasteiger partial charge in [0.15, 0.2) is 0 Å². The van der Waals surface area contributed by atoms with Gasteiger partial charge in [0.1, 0.15) is 5.75 Å². The van der Waals surface area contributed by atoms with Gasteiger partial charge >= 0.3 is 5.97 Å². The summed E-state index contributed by atoms with van der Waals surface area (Å²) in [5.74, 6) is 1.15. The summed E-state index contributed by atoms with van der Waals surface area (Å²) < 4.78 is 6.02. The lowest BCUT2D eigenvalue weighted by Gasteiger charge is -2.44. The molecule has 2 rings (SSSR count). The van der Waals surface area contributed by atoms with E-state index in [4.69, 9.17) is 4.74 Å². The highest BCUT2D eigenvalue weighted by molar-refractivity contribution is 5.91. The summed E-state index contributed by atoms with van der Waals surface area (Å²) >= 11 is 0. The Morgan fingerprint density at radius 3 is 2.27 bits per heavy atom. The van der Waals surface area contributed by atoms with Gasteiger partial charge < -0.3 is 14.6 Å². The van der Waals surface area contributed by atoms with Crippen molar-refractivity contribution in [2.45, 2.75) is 61.8 Å². The topological polar surface area (TPSA) is 45.3 Å². The second kappa shape index (κ2) is 9.13. The first-order chi connectivity index (χ1) is 13.8. The van der Waals surface area contributed by atoms with E-state index >= 15 is 0 Å². The fourth-order valence-corrected chi connectivity index (χ4v) is 4.14. The van der Waals surface area contributed by atoms with Crippen LogP contribution in [0.25, 0.3) is 10.9 Å². The highest BCUT2D eigenvalue weighted by Crippen LogP contribution is 2.45. The number of H-pyrrole nitrogens is 1. The lowest BCUT2D eigenvalue weighted by molar-refractivity contribution is -0.144. The van der Waals surface area contributed by atoms with Crippen molar-refractivity contribution in [1.82, 2.24) is 9.88 Å². The van der Waals surface area contributed by atoms with Crippen LogP contribution < -0.4 is 4.74 Å². The lowest BCUT2D eigenvalue weighted by Crippen LogP contribution is -2.41. The summed E-state index contributed by atoms with van der Waals surface area (Å²) in [5, 5.41) is 1.02. The number of aromatic amines is 1. The summed E-state index contributed by atoms with van der Waals surface area (Å²) in [7, 11) is 4.14. The number of likely N-dealkylation sites (N-methyl/N-ethyl adjacent to an activating group) is 1. The Labute approximate surface area is 183 Å². The summed E-state index contributed by atoms with van der Waals surface area (Å²) in [6, 6.07) is 5.89. The molecule has 0 aliphatic rings. The van der Waals surface area contributed by atoms with Crippen molar-refractivity contribution < 1.29 is 9.53 Å². The van der Waals surface area contributed by atoms with E-state index in [-0.39, 0.29) is 22.7 Å². The quantitative estimate of drug-likeness (QED) is 0.416. The Balaban J connectivity index is 2.26. The van der Waals surface area contributed by atoms with Crippen molar-refractivity contribution in [2.24, 2.45) is 28.6 Å². The van der Waals surface area contributed by atoms with Gasteiger partial charge in [-0.05, 0) is 60.9 Å². The van der Waals surface area contributed by atoms with E-state index in [2.05, 4.69) is 72.4 Å². The molecule has 1 aromatic heterocycles. The van der Waals surface area contributed by atoms with Gasteiger partial charge in [-0.1, -0.05) is 61.5 Å². The van der Waals surface area contributed by atoms with Gasteiger partial charge in [-0.3, -0.25) is 4.79 Å². The summed E-state index contributed by atoms with van der Waals surface area (Å²) in [6.45, 7) is 18.7. The molecule has 0 saturated heterocycles. The maximum absolute atomic E-state index is 13.2. The minimum Gasteiger partial charge on any atom is -0.426 e. The fraction of sp³-hybridized carbons (Fsp3) is 0.654. The van der Waals surface area contributed by atoms with Gasteiger partial charge in [0.2, 0.25) is 0 Å². The average Bonchev–Trinajstić information content (AvgIpc) is 3.07. The Kier molecular flexibility index (Phi) is 7.45. The molecule has 0 aliphatic heterocycles. The van der Waals surface area contributed by atoms with E-state index in [1.165, 1.54) is 5.56 Å². The number of benzene rings is 1. The second-order valence-corrected chi connectivity index (χ2v) is 11.0. The highest BCUT2D eigenvalue weighted by atomic mass is 16.5. The number of carbonyl (C=O) groups is 1. The minimum atomic E-state index is -0.211. The third-order valence-corrected chi connectivity index (χ3v) is 7.55. The van der Waals surface area contributed by atoms with E-state index in [1.54, 1.807) is 0 Å². The monoisotopic (exact) mass is 414 g/mol. The molecule has 1 heterocycles. The SMILES string of the molecule is CC(C(C)C(C)(C)C(C)C(=O)Oc1cccc2[nH]cc(CCN(C)C)c12)C(C)(C)C. The van der Waals surface area contributed by atoms with Crippen molar-refractivity contribution in [1.29, 1.82) is 0 Å². The molecule has 3 atom stereocenters. The van der Waals surface area contributed by atoms with E-state index in [1.807, 2.05) is 31.3 Å². The zero-order valence-electron chi connectivity index (χ0n) is 20.7. The predicted octanol–water partition coefficient (Wildman–Crippen LogP) is 6.16. The molecule has 2 aromatic rings. The number of hydrogen-bond donors (Lipinski definition) is 1. The number of nitrogens with one attached hydrogen (secondary N) is 1. The Morgan fingerprint density at radius 1 is 1.07 bits per heavy atom. The first-order valence-corrected chi connectivity index (χ1v) is 11.2. The Bertz CT molecular complexity index is 858. The molecule has 168 valence electrons. The van der Waals surface area contributed by atoms with Crippen LogP contribution in [0.3, 0.4) is 0 Å². The standard InChI is InChI=1S/C26H42N2O2/c1-17(25(4,5)6)18(2)26(7,8)19(3)24(29)30-22-13-11-12-21-23(22)20(16-27-21)14-15-28(9)10/h11-13,16-19,27H,14-15H2,1-10H3. The Morgan fingerprint density at radius 2 is 1.70 bits per heavy atom. The zero-order valence-corrected chi connectivity index (χ0v) is 20.7. The minimum absolute atomic E-state index is 0.153. The van der Waals surface area contributed by atoms with Crippen LogP contribution in [0, 0.1) is 28.6 Å². The van der Waals surface area contributed by atoms with E-state index in [0.717, 1.165) is 23.9 Å². The molecule has 3 unspecified atom stereocenters. The molecule has 30 heavy (non-hydrogen) atoms. The lowest BCUT2D eigenvalue weighted by atomic mass is 9.61. The smallest absolute Gasteiger partial charge is 0.314 e. The molecule has 4 heteroatoms. The number of nitrogens with zero attached hydrogens (tertiary/aromatic N) is 1. The van der Waals surface area contributed by atoms with Crippen molar-refractivity contribution in [3.63, 3.8) is 0 Å². The molecular formula is C26H42N2O2. The fourth-order valence-electron chi connectivity index (χ4n) is 4.14. The summed E-state index contributed by atoms with van der Waals surface area (Å²) in [4.78, 5) is 18.7. The molecular weight excluding hydrogens is 372 g/mol. The van der Waals surface area contributed by atoms with Crippen molar-refractivity contribution in [3.05, 3.63) is 30.0 Å². The van der Waals surface area contributed by atoms with Crippen LogP contribution in [0.5, 0.6) is 5.75 Å². The van der Waals surface area contributed by atoms with Crippen LogP contribution in [0.4, 0.5) is 0 Å². The van der Waals surface area contributed by atoms with Crippen molar-refractivity contribution in [2.75, 3.05) is 20.6 Å². The van der Waals surface area contributed by atoms with E-state index in [9.17, 15) is 4.79 Å². The molecule has 0 saturated carbocycles. The zero-order chi connectivity index (χ0) is 22.9. The number of esters is 1. The number of rotatable bonds is 8. The average molecular weight is 415 g/mol. The van der Waals surface area contributed by atoms with Gasteiger partial charge in [-0.25, -0.2) is 0 Å². The third-order valence-electron chi connectivity index (χ3n) is 7.55. The van der Waals surface area contributed by atoms with Crippen LogP contribution in [0.15, 0.2) is 24.4 Å². The summed E-state index contributed by atoms with van der Waals surface area (Å²) in [5.41, 5.74) is 2.21. The maximum Gasteiger partial charge on any atom is 0.314 e. The van der Waals surface area contributed by atoms with Crippen molar-refractivity contribution in [3.8, 4) is 5.75 Å². The second-order valence-electron chi connectivity index (χ2n) is 11.0. The van der Waals surface area contributed by atoms with Gasteiger partial charge in [0.25, 0.3) is 0 Å². The summed E-state index contributed by atoms with van der Waals surface area (Å²) in [6.07, 6.45) is 2.94. The van der Waals surface area contributed by atoms with Gasteiger partial charge in [0.05, 0.1) is 5.92 Å². The van der Waals surface area contributed by atoms with Gasteiger partial charge in [-0.15, -0.1) is 0 Å². The largest absolute Gasteiger partial charge is 0.426 e. The van der Waals surface area contributed by atoms with Crippen LogP contribution >= 0.6 is 0 Å². The molecule has 0 aliphatic carbocycles. The van der Waals surface area contributed by atoms with Crippen molar-refractivity contribution >= 4 is 16.9 Å². The number of carbonyl (C=O) groups excluding carboxylic acids is 1. The van der Waals surface area contributed by atoms with Crippen LogP contribution in [0.1, 0.15) is 61.0 Å². The van der Waals surface area contributed by atoms with Crippen LogP contribution in [-0.4, -0.2) is 36.5 Å². The molecule has 0 spiro atoms. The number of aromatic nitrogens is 1. The molecule has 1 N–H and O–H groups in total. The van der Waals surface area contributed by atoms with Crippen LogP contribution in [-0.2, 0) is 11.2 Å². The molecule has 4 nitrogen and oxygen atoms in total. The Hall–Kier alpha value is -1.81. The molecule has 1 aromatic carbocycles. The van der Waals surface area contributed by atoms with E-state index in [0.29, 0.717) is 17.6 Å². The van der Waals surface area contributed by atoms with Crippen LogP contribution in [0.2, 0.25) is 0 Å². The normalized spacial score (nSPS) is 16.0.